The van der Waals surface area contributed by atoms with E-state index in [1.165, 1.54) is 0 Å². The summed E-state index contributed by atoms with van der Waals surface area (Å²) >= 11 is 0. The Balaban J connectivity index is 2.02. The van der Waals surface area contributed by atoms with Crippen molar-refractivity contribution in [3.8, 4) is 0 Å². The third kappa shape index (κ3) is 2.54. The number of hydrogen-bond acceptors (Lipinski definition) is 4. The van der Waals surface area contributed by atoms with Gasteiger partial charge in [-0.05, 0) is 30.9 Å². The van der Waals surface area contributed by atoms with Gasteiger partial charge in [-0.15, -0.1) is 0 Å². The van der Waals surface area contributed by atoms with Crippen molar-refractivity contribution in [3.63, 3.8) is 0 Å². The molecule has 21 heavy (non-hydrogen) atoms. The molecular weight excluding hydrogens is 269 g/mol. The van der Waals surface area contributed by atoms with Crippen molar-refractivity contribution in [1.29, 1.82) is 0 Å². The Morgan fingerprint density at radius 3 is 2.57 bits per heavy atom. The minimum atomic E-state index is -0.378. The molecule has 6 heteroatoms. The Kier molecular flexibility index (Phi) is 3.46. The fraction of sp³-hybridized carbons (Fsp3) is 0.533. The van der Waals surface area contributed by atoms with Gasteiger partial charge in [0, 0.05) is 25.2 Å². The molecule has 2 aromatic rings. The molecule has 112 valence electrons. The zero-order valence-corrected chi connectivity index (χ0v) is 12.9. The molecule has 0 unspecified atom stereocenters. The van der Waals surface area contributed by atoms with E-state index in [0.29, 0.717) is 25.3 Å². The molecule has 1 aliphatic heterocycles. The molecule has 3 rings (SSSR count). The maximum absolute atomic E-state index is 11.8. The first-order chi connectivity index (χ1) is 9.91. The summed E-state index contributed by atoms with van der Waals surface area (Å²) in [7, 11) is -0.378. The molecule has 0 bridgehead atoms. The highest BCUT2D eigenvalue weighted by Gasteiger charge is 2.34. The van der Waals surface area contributed by atoms with E-state index in [9.17, 15) is 4.79 Å². The van der Waals surface area contributed by atoms with Gasteiger partial charge in [-0.25, -0.2) is 4.79 Å². The first-order valence-electron chi connectivity index (χ1n) is 7.28. The number of oxazole rings is 1. The number of benzene rings is 1. The Morgan fingerprint density at radius 1 is 1.29 bits per heavy atom. The Bertz CT molecular complexity index is 721. The summed E-state index contributed by atoms with van der Waals surface area (Å²) in [5.41, 5.74) is 3.33. The molecule has 0 N–H and O–H groups in total. The lowest BCUT2D eigenvalue weighted by Crippen LogP contribution is -2.47. The second-order valence-corrected chi connectivity index (χ2v) is 6.42. The van der Waals surface area contributed by atoms with E-state index in [1.807, 2.05) is 26.0 Å². The molecule has 0 saturated carbocycles. The monoisotopic (exact) mass is 289 g/mol. The van der Waals surface area contributed by atoms with Gasteiger partial charge in [0.15, 0.2) is 5.58 Å². The van der Waals surface area contributed by atoms with Crippen LogP contribution in [-0.2, 0) is 15.9 Å². The molecule has 1 saturated heterocycles. The van der Waals surface area contributed by atoms with Crippen molar-refractivity contribution < 1.29 is 13.7 Å². The maximum atomic E-state index is 11.8. The van der Waals surface area contributed by atoms with Crippen LogP contribution in [-0.4, -0.2) is 24.9 Å². The quantitative estimate of drug-likeness (QED) is 0.789. The molecule has 1 aromatic heterocycles. The molecule has 0 amide bonds. The van der Waals surface area contributed by atoms with Crippen molar-refractivity contribution >= 4 is 23.7 Å². The lowest BCUT2D eigenvalue weighted by atomic mass is 9.75. The average Bonchev–Trinajstić information content (AvgIpc) is 2.75. The van der Waals surface area contributed by atoms with Crippen LogP contribution in [0.5, 0.6) is 0 Å². The Morgan fingerprint density at radius 2 is 1.95 bits per heavy atom. The zero-order valence-electron chi connectivity index (χ0n) is 12.9. The van der Waals surface area contributed by atoms with E-state index < -0.39 is 0 Å². The Labute approximate surface area is 124 Å². The average molecular weight is 289 g/mol. The van der Waals surface area contributed by atoms with Crippen LogP contribution < -0.4 is 11.2 Å². The molecule has 0 atom stereocenters. The van der Waals surface area contributed by atoms with E-state index in [4.69, 9.17) is 13.7 Å². The third-order valence-electron chi connectivity index (χ3n) is 3.82. The van der Waals surface area contributed by atoms with Crippen molar-refractivity contribution in [2.24, 2.45) is 5.41 Å². The summed E-state index contributed by atoms with van der Waals surface area (Å²) < 4.78 is 18.6. The lowest BCUT2D eigenvalue weighted by Gasteiger charge is -2.33. The number of rotatable bonds is 2. The molecule has 1 aliphatic rings. The summed E-state index contributed by atoms with van der Waals surface area (Å²) in [4.78, 5) is 11.8. The van der Waals surface area contributed by atoms with Crippen LogP contribution in [0, 0.1) is 12.3 Å². The highest BCUT2D eigenvalue weighted by atomic mass is 16.6. The van der Waals surface area contributed by atoms with Gasteiger partial charge in [0.2, 0.25) is 0 Å². The second kappa shape index (κ2) is 5.03. The predicted octanol–water partition coefficient (Wildman–Crippen LogP) is 1.69. The number of fused-ring (bicyclic) bond motifs is 1. The first-order valence-corrected chi connectivity index (χ1v) is 7.28. The predicted molar refractivity (Wildman–Crippen MR) is 82.0 cm³/mol. The van der Waals surface area contributed by atoms with Crippen molar-refractivity contribution in [2.75, 3.05) is 13.2 Å². The third-order valence-corrected chi connectivity index (χ3v) is 3.82. The normalized spacial score (nSPS) is 18.4. The van der Waals surface area contributed by atoms with Crippen LogP contribution in [0.4, 0.5) is 0 Å². The molecule has 1 fully saturated rings. The van der Waals surface area contributed by atoms with E-state index in [1.54, 1.807) is 4.57 Å². The van der Waals surface area contributed by atoms with Crippen LogP contribution in [0.25, 0.3) is 11.1 Å². The van der Waals surface area contributed by atoms with Crippen molar-refractivity contribution in [2.45, 2.75) is 34.2 Å². The number of hydrogen-bond donors (Lipinski definition) is 0. The number of aryl methyl sites for hydroxylation is 2. The van der Waals surface area contributed by atoms with E-state index >= 15 is 0 Å². The smallest absolute Gasteiger partial charge is 0.407 e. The van der Waals surface area contributed by atoms with Gasteiger partial charge >= 0.3 is 12.9 Å². The molecule has 0 radical (unpaired) electrons. The van der Waals surface area contributed by atoms with Gasteiger partial charge in [0.1, 0.15) is 0 Å². The van der Waals surface area contributed by atoms with E-state index in [0.717, 1.165) is 16.5 Å². The number of aromatic nitrogens is 1. The van der Waals surface area contributed by atoms with Crippen LogP contribution in [0.15, 0.2) is 21.3 Å². The molecule has 2 heterocycles. The molecule has 1 aromatic carbocycles. The maximum Gasteiger partial charge on any atom is 0.493 e. The van der Waals surface area contributed by atoms with Crippen LogP contribution in [0.1, 0.15) is 26.3 Å². The fourth-order valence-electron chi connectivity index (χ4n) is 2.68. The van der Waals surface area contributed by atoms with Gasteiger partial charge in [-0.3, -0.25) is 4.57 Å². The topological polar surface area (TPSA) is 53.6 Å². The summed E-state index contributed by atoms with van der Waals surface area (Å²) in [6.45, 7) is 9.97. The molecule has 0 aliphatic carbocycles. The van der Waals surface area contributed by atoms with Crippen LogP contribution >= 0.6 is 0 Å². The van der Waals surface area contributed by atoms with Gasteiger partial charge in [0.05, 0.1) is 5.52 Å². The highest BCUT2D eigenvalue weighted by Crippen LogP contribution is 2.23. The van der Waals surface area contributed by atoms with Gasteiger partial charge in [0.25, 0.3) is 0 Å². The highest BCUT2D eigenvalue weighted by molar-refractivity contribution is 6.61. The zero-order chi connectivity index (χ0) is 15.2. The largest absolute Gasteiger partial charge is 0.493 e. The van der Waals surface area contributed by atoms with Crippen molar-refractivity contribution in [3.05, 3.63) is 28.2 Å². The lowest BCUT2D eigenvalue weighted by molar-refractivity contribution is 0.0343. The summed E-state index contributed by atoms with van der Waals surface area (Å²) in [5.74, 6) is -0.320. The van der Waals surface area contributed by atoms with Gasteiger partial charge < -0.3 is 13.7 Å². The van der Waals surface area contributed by atoms with E-state index in [2.05, 4.69) is 13.8 Å². The summed E-state index contributed by atoms with van der Waals surface area (Å²) in [5, 5.41) is 0. The first kappa shape index (κ1) is 14.4. The summed E-state index contributed by atoms with van der Waals surface area (Å²) in [6.07, 6.45) is 0. The van der Waals surface area contributed by atoms with Gasteiger partial charge in [-0.1, -0.05) is 19.9 Å². The molecule has 0 spiro atoms. The summed E-state index contributed by atoms with van der Waals surface area (Å²) in [6, 6.07) is 3.90. The van der Waals surface area contributed by atoms with Crippen LogP contribution in [0.2, 0.25) is 0 Å². The second-order valence-electron chi connectivity index (χ2n) is 6.42. The Hall–Kier alpha value is -1.53. The van der Waals surface area contributed by atoms with Crippen LogP contribution in [0.3, 0.4) is 0 Å². The standard InChI is InChI=1S/C15H20BNO4/c1-5-17-12-7-11(6-10(2)13(12)21-14(17)18)16-19-8-15(3,4)9-20-16/h6-7H,5,8-9H2,1-4H3. The molecular formula is C15H20BNO4. The van der Waals surface area contributed by atoms with E-state index in [-0.39, 0.29) is 18.3 Å². The van der Waals surface area contributed by atoms with Gasteiger partial charge in [-0.2, -0.15) is 0 Å². The minimum absolute atomic E-state index is 0.0385. The number of nitrogens with zero attached hydrogens (tertiary/aromatic N) is 1. The van der Waals surface area contributed by atoms with Crippen molar-refractivity contribution in [1.82, 2.24) is 4.57 Å². The minimum Gasteiger partial charge on any atom is -0.407 e. The SMILES string of the molecule is CCn1c(=O)oc2c(C)cc(B3OCC(C)(C)CO3)cc21. The molecule has 5 nitrogen and oxygen atoms in total. The fourth-order valence-corrected chi connectivity index (χ4v) is 2.68.